The second kappa shape index (κ2) is 11.4. The molecule has 0 spiro atoms. The zero-order chi connectivity index (χ0) is 30.7. The molecule has 5 atom stereocenters. The normalized spacial score (nSPS) is 26.8. The molecule has 222 valence electrons. The van der Waals surface area contributed by atoms with Crippen molar-refractivity contribution in [3.8, 4) is 5.75 Å². The molecule has 0 radical (unpaired) electrons. The molecule has 20 heteroatoms. The molecule has 4 rings (SSSR count). The van der Waals surface area contributed by atoms with Crippen LogP contribution in [0.2, 0.25) is 0 Å². The summed E-state index contributed by atoms with van der Waals surface area (Å²) in [7, 11) is -6.15. The third-order valence-electron chi connectivity index (χ3n) is 7.06. The van der Waals surface area contributed by atoms with Gasteiger partial charge in [0.05, 0.1) is 46.9 Å². The second-order valence-electron chi connectivity index (χ2n) is 9.99. The van der Waals surface area contributed by atoms with Gasteiger partial charge in [0, 0.05) is 0 Å². The number of carboxylic acid groups (broad SMARTS) is 1. The van der Waals surface area contributed by atoms with Gasteiger partial charge < -0.3 is 35.9 Å². The van der Waals surface area contributed by atoms with E-state index in [0.29, 0.717) is 9.21 Å². The van der Waals surface area contributed by atoms with Gasteiger partial charge in [-0.15, -0.1) is 0 Å². The molecule has 3 saturated heterocycles. The molecular formula is C22H25N6NaO11S2. The van der Waals surface area contributed by atoms with Crippen LogP contribution in [0, 0.1) is 0 Å². The summed E-state index contributed by atoms with van der Waals surface area (Å²) in [4.78, 5) is 77.1. The number of amides is 7. The molecule has 1 aromatic carbocycles. The van der Waals surface area contributed by atoms with Crippen molar-refractivity contribution in [2.24, 2.45) is 0 Å². The third kappa shape index (κ3) is 5.23. The molecule has 0 aromatic heterocycles. The van der Waals surface area contributed by atoms with Gasteiger partial charge in [-0.05, 0) is 31.5 Å². The van der Waals surface area contributed by atoms with Gasteiger partial charge in [-0.2, -0.15) is 0 Å². The van der Waals surface area contributed by atoms with Crippen molar-refractivity contribution in [1.82, 2.24) is 30.1 Å². The van der Waals surface area contributed by atoms with E-state index in [-0.39, 0.29) is 60.4 Å². The fourth-order valence-electron chi connectivity index (χ4n) is 5.03. The summed E-state index contributed by atoms with van der Waals surface area (Å²) >= 11 is 0. The predicted octanol–water partition coefficient (Wildman–Crippen LogP) is -6.77. The van der Waals surface area contributed by atoms with E-state index in [9.17, 15) is 51.6 Å². The number of rotatable bonds is 8. The smallest absolute Gasteiger partial charge is 0.548 e. The molecule has 7 amide bonds. The van der Waals surface area contributed by atoms with Gasteiger partial charge >= 0.3 is 41.6 Å². The molecule has 1 aromatic rings. The number of phenols is 1. The van der Waals surface area contributed by atoms with Crippen LogP contribution in [0.1, 0.15) is 25.5 Å². The fraction of sp³-hybridized carbons (Fsp3) is 0.455. The SMILES string of the molecule is CC1(C)[C@H](C(=O)[O-])N2C(=O)[C@@](NC=O)(NC(=O)C(NC(=O)N3CCN(S(C)(=O)=O)C3=O)c3ccc(O)cc3)[C@H]2S1=O.[Na+]. The zero-order valence-electron chi connectivity index (χ0n) is 22.7. The Morgan fingerprint density at radius 2 is 1.76 bits per heavy atom. The number of hydrogen-bond donors (Lipinski definition) is 4. The van der Waals surface area contributed by atoms with Gasteiger partial charge in [-0.25, -0.2) is 27.2 Å². The Morgan fingerprint density at radius 1 is 1.17 bits per heavy atom. The Kier molecular flexibility index (Phi) is 9.05. The number of carbonyl (C=O) groups is 6. The minimum atomic E-state index is -3.99. The van der Waals surface area contributed by atoms with Crippen molar-refractivity contribution in [2.45, 2.75) is 41.7 Å². The largest absolute Gasteiger partial charge is 1.00 e. The Balaban J connectivity index is 0.00000484. The van der Waals surface area contributed by atoms with Gasteiger partial charge in [-0.1, -0.05) is 12.1 Å². The van der Waals surface area contributed by atoms with E-state index in [1.165, 1.54) is 38.1 Å². The first-order valence-corrected chi connectivity index (χ1v) is 14.9. The standard InChI is InChI=1S/C22H26N6O11S2.Na/c1-21(2)14(16(32)33)28-17(34)22(23-10-29,18(28)40(21)37)25-15(31)13(11-4-6-12(30)7-5-11)24-19(35)26-8-9-27(20(26)36)41(3,38)39;/h4-7,10,13-14,18,30H,8-9H2,1-3H3,(H,23,29)(H,24,35)(H,25,31)(H,32,33);/q;+1/p-1/t13?,14-,18+,22+,40?;/m0./s1. The first kappa shape index (κ1) is 33.2. The minimum absolute atomic E-state index is 0. The summed E-state index contributed by atoms with van der Waals surface area (Å²) in [5, 5.41) is 26.6. The number of phenolic OH excluding ortho intramolecular Hbond substituents is 1. The average Bonchev–Trinajstić information content (AvgIpc) is 3.36. The number of carboxylic acids is 1. The summed E-state index contributed by atoms with van der Waals surface area (Å²) < 4.78 is 35.9. The van der Waals surface area contributed by atoms with Crippen molar-refractivity contribution in [2.75, 3.05) is 19.3 Å². The van der Waals surface area contributed by atoms with E-state index in [4.69, 9.17) is 0 Å². The van der Waals surface area contributed by atoms with Crippen LogP contribution in [0.3, 0.4) is 0 Å². The molecule has 3 aliphatic rings. The molecule has 0 bridgehead atoms. The maximum absolute atomic E-state index is 13.6. The maximum Gasteiger partial charge on any atom is 1.00 e. The number of nitrogens with one attached hydrogen (secondary N) is 3. The van der Waals surface area contributed by atoms with Crippen LogP contribution < -0.4 is 50.6 Å². The molecule has 17 nitrogen and oxygen atoms in total. The van der Waals surface area contributed by atoms with Crippen molar-refractivity contribution in [3.63, 3.8) is 0 Å². The molecule has 42 heavy (non-hydrogen) atoms. The van der Waals surface area contributed by atoms with E-state index < -0.39 is 78.5 Å². The summed E-state index contributed by atoms with van der Waals surface area (Å²) in [6.07, 6.45) is 0.819. The topological polar surface area (TPSA) is 243 Å². The summed E-state index contributed by atoms with van der Waals surface area (Å²) in [6.45, 7) is 1.96. The Bertz CT molecular complexity index is 1490. The van der Waals surface area contributed by atoms with E-state index >= 15 is 0 Å². The molecule has 0 aliphatic carbocycles. The maximum atomic E-state index is 13.6. The number of aromatic hydroxyl groups is 1. The molecule has 3 aliphatic heterocycles. The molecule has 3 fully saturated rings. The molecule has 3 heterocycles. The number of imide groups is 1. The van der Waals surface area contributed by atoms with Gasteiger partial charge in [0.2, 0.25) is 28.0 Å². The zero-order valence-corrected chi connectivity index (χ0v) is 26.4. The van der Waals surface area contributed by atoms with Crippen LogP contribution in [0.25, 0.3) is 0 Å². The van der Waals surface area contributed by atoms with Crippen LogP contribution in [0.4, 0.5) is 9.59 Å². The number of aliphatic carboxylic acids is 1. The quantitative estimate of drug-likeness (QED) is 0.0904. The van der Waals surface area contributed by atoms with E-state index in [1.54, 1.807) is 0 Å². The van der Waals surface area contributed by atoms with Gasteiger partial charge in [-0.3, -0.25) is 18.6 Å². The van der Waals surface area contributed by atoms with E-state index in [1.807, 2.05) is 0 Å². The Labute approximate surface area is 263 Å². The van der Waals surface area contributed by atoms with Crippen LogP contribution in [0.15, 0.2) is 24.3 Å². The summed E-state index contributed by atoms with van der Waals surface area (Å²) in [5.74, 6) is -4.17. The predicted molar refractivity (Wildman–Crippen MR) is 135 cm³/mol. The molecule has 0 saturated carbocycles. The van der Waals surface area contributed by atoms with Crippen molar-refractivity contribution < 1.29 is 81.2 Å². The monoisotopic (exact) mass is 636 g/mol. The van der Waals surface area contributed by atoms with E-state index in [2.05, 4.69) is 16.0 Å². The van der Waals surface area contributed by atoms with Gasteiger partial charge in [0.15, 0.2) is 5.37 Å². The van der Waals surface area contributed by atoms with Gasteiger partial charge in [0.25, 0.3) is 5.91 Å². The van der Waals surface area contributed by atoms with Crippen LogP contribution in [0.5, 0.6) is 5.75 Å². The van der Waals surface area contributed by atoms with Crippen molar-refractivity contribution in [1.29, 1.82) is 0 Å². The molecular weight excluding hydrogens is 611 g/mol. The minimum Gasteiger partial charge on any atom is -0.548 e. The second-order valence-corrected chi connectivity index (χ2v) is 14.0. The summed E-state index contributed by atoms with van der Waals surface area (Å²) in [6, 6.07) is -0.920. The number of fused-ring (bicyclic) bond motifs is 1. The number of hydrogen-bond acceptors (Lipinski definition) is 11. The van der Waals surface area contributed by atoms with E-state index in [0.717, 1.165) is 11.2 Å². The first-order chi connectivity index (χ1) is 19.0. The first-order valence-electron chi connectivity index (χ1n) is 11.9. The number of urea groups is 2. The number of carbonyl (C=O) groups excluding carboxylic acids is 6. The Morgan fingerprint density at radius 3 is 2.26 bits per heavy atom. The molecule has 4 N–H and O–H groups in total. The molecule has 2 unspecified atom stereocenters. The fourth-order valence-corrected chi connectivity index (χ4v) is 7.80. The number of benzene rings is 1. The Hall–Kier alpha value is -3.26. The number of nitrogens with zero attached hydrogens (tertiary/aromatic N) is 3. The number of β-lactam (4-membered cyclic amide) rings is 1. The van der Waals surface area contributed by atoms with Crippen LogP contribution in [-0.4, -0.2) is 109 Å². The van der Waals surface area contributed by atoms with Crippen LogP contribution >= 0.6 is 0 Å². The average molecular weight is 637 g/mol. The third-order valence-corrected chi connectivity index (χ3v) is 10.4. The summed E-state index contributed by atoms with van der Waals surface area (Å²) in [5.41, 5.74) is -2.35. The number of sulfonamides is 1. The van der Waals surface area contributed by atoms with Crippen LogP contribution in [-0.2, 0) is 40.0 Å². The van der Waals surface area contributed by atoms with Crippen molar-refractivity contribution >= 4 is 57.1 Å². The van der Waals surface area contributed by atoms with Crippen molar-refractivity contribution in [3.05, 3.63) is 29.8 Å². The van der Waals surface area contributed by atoms with Gasteiger partial charge in [0.1, 0.15) is 11.8 Å².